The molecule has 1 fully saturated rings. The Balaban J connectivity index is 1.92. The Hall–Kier alpha value is -2.87. The second-order valence-corrected chi connectivity index (χ2v) is 6.61. The normalized spacial score (nSPS) is 17.6. The molecule has 2 atom stereocenters. The Morgan fingerprint density at radius 1 is 1.37 bits per heavy atom. The van der Waals surface area contributed by atoms with Crippen molar-refractivity contribution in [3.8, 4) is 17.0 Å². The highest BCUT2D eigenvalue weighted by Gasteiger charge is 2.34. The van der Waals surface area contributed by atoms with Crippen molar-refractivity contribution in [3.63, 3.8) is 0 Å². The number of aliphatic hydroxyl groups is 1. The van der Waals surface area contributed by atoms with Gasteiger partial charge in [-0.25, -0.2) is 0 Å². The number of ether oxygens (including phenoxy) is 1. The topological polar surface area (TPSA) is 105 Å². The van der Waals surface area contributed by atoms with E-state index in [0.717, 1.165) is 0 Å². The molecular formula is C19H23N3O5. The lowest BCUT2D eigenvalue weighted by atomic mass is 10.0. The van der Waals surface area contributed by atoms with Gasteiger partial charge in [-0.15, -0.1) is 0 Å². The number of rotatable bonds is 5. The number of carbonyl (C=O) groups excluding carboxylic acids is 2. The predicted octanol–water partition coefficient (Wildman–Crippen LogP) is 1.75. The van der Waals surface area contributed by atoms with Gasteiger partial charge in [0.25, 0.3) is 5.91 Å². The summed E-state index contributed by atoms with van der Waals surface area (Å²) in [5.41, 5.74) is 1.31. The molecule has 2 N–H and O–H groups in total. The Bertz CT molecular complexity index is 828. The Labute approximate surface area is 157 Å². The van der Waals surface area contributed by atoms with E-state index < -0.39 is 6.10 Å². The third-order valence-corrected chi connectivity index (χ3v) is 4.56. The van der Waals surface area contributed by atoms with Gasteiger partial charge in [0.2, 0.25) is 5.91 Å². The van der Waals surface area contributed by atoms with E-state index >= 15 is 0 Å². The highest BCUT2D eigenvalue weighted by atomic mass is 16.5. The molecular weight excluding hydrogens is 350 g/mol. The van der Waals surface area contributed by atoms with Crippen molar-refractivity contribution < 1.29 is 24.0 Å². The molecule has 8 heteroatoms. The summed E-state index contributed by atoms with van der Waals surface area (Å²) in [6.45, 7) is 3.90. The zero-order valence-electron chi connectivity index (χ0n) is 15.6. The van der Waals surface area contributed by atoms with Gasteiger partial charge < -0.3 is 24.6 Å². The molecule has 1 saturated heterocycles. The summed E-state index contributed by atoms with van der Waals surface area (Å²) >= 11 is 0. The summed E-state index contributed by atoms with van der Waals surface area (Å²) in [7, 11) is 1.57. The van der Waals surface area contributed by atoms with E-state index in [2.05, 4.69) is 10.5 Å². The van der Waals surface area contributed by atoms with E-state index in [1.54, 1.807) is 36.3 Å². The van der Waals surface area contributed by atoms with E-state index in [9.17, 15) is 14.7 Å². The van der Waals surface area contributed by atoms with E-state index in [1.807, 2.05) is 0 Å². The third kappa shape index (κ3) is 3.95. The standard InChI is InChI=1S/C19H23N3O5/c1-11(23)18-16(19(25)22-9-8-14(10-22)20-12(2)24)17(21-27-18)13-4-6-15(26-3)7-5-13/h4-7,11,14,23H,8-10H2,1-3H3,(H,20,24). The zero-order chi connectivity index (χ0) is 19.6. The number of hydrogen-bond donors (Lipinski definition) is 2. The highest BCUT2D eigenvalue weighted by molar-refractivity contribution is 6.01. The summed E-state index contributed by atoms with van der Waals surface area (Å²) in [5.74, 6) is 0.422. The SMILES string of the molecule is COc1ccc(-c2noc(C(C)O)c2C(=O)N2CCC(NC(C)=O)C2)cc1. The Morgan fingerprint density at radius 3 is 2.67 bits per heavy atom. The van der Waals surface area contributed by atoms with Crippen LogP contribution in [0.1, 0.15) is 42.5 Å². The van der Waals surface area contributed by atoms with Gasteiger partial charge in [-0.3, -0.25) is 9.59 Å². The zero-order valence-corrected chi connectivity index (χ0v) is 15.6. The molecule has 0 bridgehead atoms. The van der Waals surface area contributed by atoms with Crippen molar-refractivity contribution in [2.45, 2.75) is 32.4 Å². The van der Waals surface area contributed by atoms with Crippen molar-refractivity contribution in [1.82, 2.24) is 15.4 Å². The second-order valence-electron chi connectivity index (χ2n) is 6.61. The molecule has 1 aromatic heterocycles. The molecule has 2 aromatic rings. The van der Waals surface area contributed by atoms with Crippen LogP contribution in [-0.4, -0.2) is 53.2 Å². The van der Waals surface area contributed by atoms with Gasteiger partial charge in [-0.05, 0) is 37.6 Å². The summed E-state index contributed by atoms with van der Waals surface area (Å²) in [5, 5.41) is 16.9. The largest absolute Gasteiger partial charge is 0.497 e. The van der Waals surface area contributed by atoms with Crippen LogP contribution in [0.5, 0.6) is 5.75 Å². The molecule has 1 aromatic carbocycles. The van der Waals surface area contributed by atoms with Gasteiger partial charge in [-0.1, -0.05) is 5.16 Å². The number of methoxy groups -OCH3 is 1. The maximum atomic E-state index is 13.2. The minimum absolute atomic E-state index is 0.0780. The van der Waals surface area contributed by atoms with E-state index in [-0.39, 0.29) is 29.2 Å². The summed E-state index contributed by atoms with van der Waals surface area (Å²) in [6, 6.07) is 7.02. The quantitative estimate of drug-likeness (QED) is 0.827. The van der Waals surface area contributed by atoms with Crippen molar-refractivity contribution in [2.75, 3.05) is 20.2 Å². The van der Waals surface area contributed by atoms with E-state index in [4.69, 9.17) is 9.26 Å². The molecule has 0 radical (unpaired) electrons. The number of nitrogens with one attached hydrogen (secondary N) is 1. The fourth-order valence-corrected chi connectivity index (χ4v) is 3.25. The molecule has 2 unspecified atom stereocenters. The van der Waals surface area contributed by atoms with Crippen LogP contribution in [0.2, 0.25) is 0 Å². The number of likely N-dealkylation sites (tertiary alicyclic amines) is 1. The number of amides is 2. The molecule has 0 aliphatic carbocycles. The van der Waals surface area contributed by atoms with Gasteiger partial charge in [0.05, 0.1) is 7.11 Å². The third-order valence-electron chi connectivity index (χ3n) is 4.56. The van der Waals surface area contributed by atoms with Gasteiger partial charge in [0.1, 0.15) is 23.1 Å². The average molecular weight is 373 g/mol. The average Bonchev–Trinajstić information content (AvgIpc) is 3.28. The predicted molar refractivity (Wildman–Crippen MR) is 97.3 cm³/mol. The lowest BCUT2D eigenvalue weighted by Crippen LogP contribution is -2.37. The Morgan fingerprint density at radius 2 is 2.07 bits per heavy atom. The van der Waals surface area contributed by atoms with Crippen LogP contribution in [0.15, 0.2) is 28.8 Å². The number of hydrogen-bond acceptors (Lipinski definition) is 6. The highest BCUT2D eigenvalue weighted by Crippen LogP contribution is 2.32. The number of nitrogens with zero attached hydrogens (tertiary/aromatic N) is 2. The fraction of sp³-hybridized carbons (Fsp3) is 0.421. The molecule has 144 valence electrons. The maximum Gasteiger partial charge on any atom is 0.259 e. The first kappa shape index (κ1) is 18.9. The first-order chi connectivity index (χ1) is 12.9. The fourth-order valence-electron chi connectivity index (χ4n) is 3.25. The molecule has 2 amide bonds. The molecule has 2 heterocycles. The molecule has 1 aliphatic rings. The smallest absolute Gasteiger partial charge is 0.259 e. The summed E-state index contributed by atoms with van der Waals surface area (Å²) < 4.78 is 10.4. The van der Waals surface area contributed by atoms with Crippen molar-refractivity contribution in [1.29, 1.82) is 0 Å². The molecule has 0 saturated carbocycles. The number of aromatic nitrogens is 1. The lowest BCUT2D eigenvalue weighted by Gasteiger charge is -2.17. The molecule has 3 rings (SSSR count). The van der Waals surface area contributed by atoms with Crippen LogP contribution < -0.4 is 10.1 Å². The van der Waals surface area contributed by atoms with E-state index in [0.29, 0.717) is 36.5 Å². The summed E-state index contributed by atoms with van der Waals surface area (Å²) in [6.07, 6.45) is -0.296. The first-order valence-corrected chi connectivity index (χ1v) is 8.79. The van der Waals surface area contributed by atoms with Crippen LogP contribution in [0.25, 0.3) is 11.3 Å². The van der Waals surface area contributed by atoms with Crippen LogP contribution in [-0.2, 0) is 4.79 Å². The van der Waals surface area contributed by atoms with Crippen molar-refractivity contribution in [2.24, 2.45) is 0 Å². The maximum absolute atomic E-state index is 13.2. The Kier molecular flexibility index (Phi) is 5.46. The van der Waals surface area contributed by atoms with Crippen molar-refractivity contribution >= 4 is 11.8 Å². The summed E-state index contributed by atoms with van der Waals surface area (Å²) in [4.78, 5) is 26.1. The minimum atomic E-state index is -0.975. The minimum Gasteiger partial charge on any atom is -0.497 e. The van der Waals surface area contributed by atoms with Crippen molar-refractivity contribution in [3.05, 3.63) is 35.6 Å². The number of benzene rings is 1. The number of carbonyl (C=O) groups is 2. The van der Waals surface area contributed by atoms with Gasteiger partial charge in [0.15, 0.2) is 5.76 Å². The molecule has 8 nitrogen and oxygen atoms in total. The molecule has 1 aliphatic heterocycles. The van der Waals surface area contributed by atoms with Crippen LogP contribution in [0.4, 0.5) is 0 Å². The van der Waals surface area contributed by atoms with Gasteiger partial charge in [0, 0.05) is 31.6 Å². The van der Waals surface area contributed by atoms with Crippen LogP contribution in [0.3, 0.4) is 0 Å². The lowest BCUT2D eigenvalue weighted by molar-refractivity contribution is -0.119. The van der Waals surface area contributed by atoms with Crippen LogP contribution in [0, 0.1) is 0 Å². The van der Waals surface area contributed by atoms with Gasteiger partial charge in [-0.2, -0.15) is 0 Å². The number of aliphatic hydroxyl groups excluding tert-OH is 1. The molecule has 27 heavy (non-hydrogen) atoms. The second kappa shape index (κ2) is 7.79. The molecule has 0 spiro atoms. The van der Waals surface area contributed by atoms with Gasteiger partial charge >= 0.3 is 0 Å². The first-order valence-electron chi connectivity index (χ1n) is 8.79. The van der Waals surface area contributed by atoms with E-state index in [1.165, 1.54) is 13.8 Å². The monoisotopic (exact) mass is 373 g/mol. The van der Waals surface area contributed by atoms with Crippen LogP contribution >= 0.6 is 0 Å².